The van der Waals surface area contributed by atoms with Crippen LogP contribution in [0.1, 0.15) is 233 Å². The molecule has 2 unspecified atom stereocenters. The molecular formula is C50H94N2O6. The van der Waals surface area contributed by atoms with Crippen LogP contribution >= 0.6 is 0 Å². The van der Waals surface area contributed by atoms with Crippen molar-refractivity contribution in [2.24, 2.45) is 0 Å². The number of esters is 2. The number of nitrogens with one attached hydrogen (secondary N) is 1. The molecule has 0 bridgehead atoms. The second-order valence-electron chi connectivity index (χ2n) is 16.7. The van der Waals surface area contributed by atoms with E-state index < -0.39 is 12.2 Å². The molecule has 0 spiro atoms. The second kappa shape index (κ2) is 44.2. The minimum Gasteiger partial charge on any atom is -0.462 e. The average Bonchev–Trinajstić information content (AvgIpc) is 3.22. The first-order valence-electron chi connectivity index (χ1n) is 24.6. The lowest BCUT2D eigenvalue weighted by atomic mass is 10.0. The van der Waals surface area contributed by atoms with Gasteiger partial charge in [-0.2, -0.15) is 0 Å². The Hall–Kier alpha value is -2.35. The maximum absolute atomic E-state index is 13.2. The van der Waals surface area contributed by atoms with Crippen molar-refractivity contribution < 1.29 is 28.6 Å². The van der Waals surface area contributed by atoms with Crippen molar-refractivity contribution in [2.45, 2.75) is 245 Å². The number of hydrogen-bond acceptors (Lipinski definition) is 7. The summed E-state index contributed by atoms with van der Waals surface area (Å²) in [5.41, 5.74) is 0. The van der Waals surface area contributed by atoms with Crippen LogP contribution < -0.4 is 5.32 Å². The van der Waals surface area contributed by atoms with E-state index in [1.807, 2.05) is 7.05 Å². The van der Waals surface area contributed by atoms with E-state index in [9.17, 15) is 14.4 Å². The quantitative estimate of drug-likeness (QED) is 0.0283. The predicted molar refractivity (Wildman–Crippen MR) is 245 cm³/mol. The lowest BCUT2D eigenvalue weighted by Gasteiger charge is -2.21. The third kappa shape index (κ3) is 40.4. The lowest BCUT2D eigenvalue weighted by molar-refractivity contribution is -0.160. The van der Waals surface area contributed by atoms with E-state index in [1.54, 1.807) is 0 Å². The number of carbonyl (C=O) groups excluding carboxylic acids is 3. The Morgan fingerprint density at radius 1 is 0.517 bits per heavy atom. The average molecular weight is 819 g/mol. The first kappa shape index (κ1) is 55.7. The fourth-order valence-electron chi connectivity index (χ4n) is 7.01. The smallest absolute Gasteiger partial charge is 0.407 e. The molecule has 0 aromatic rings. The van der Waals surface area contributed by atoms with Gasteiger partial charge in [0, 0.05) is 25.9 Å². The van der Waals surface area contributed by atoms with E-state index in [0.717, 1.165) is 77.3 Å². The molecule has 8 heteroatoms. The zero-order valence-electron chi connectivity index (χ0n) is 38.8. The van der Waals surface area contributed by atoms with Crippen LogP contribution in [0.5, 0.6) is 0 Å². The predicted octanol–water partition coefficient (Wildman–Crippen LogP) is 14.1. The highest BCUT2D eigenvalue weighted by atomic mass is 16.6. The van der Waals surface area contributed by atoms with Crippen LogP contribution in [-0.2, 0) is 23.8 Å². The highest BCUT2D eigenvalue weighted by Crippen LogP contribution is 2.18. The number of carbonyl (C=O) groups is 3. The number of unbranched alkanes of at least 4 members (excludes halogenated alkanes) is 22. The van der Waals surface area contributed by atoms with Gasteiger partial charge in [-0.1, -0.05) is 174 Å². The summed E-state index contributed by atoms with van der Waals surface area (Å²) in [6.07, 6.45) is 42.1. The summed E-state index contributed by atoms with van der Waals surface area (Å²) in [7, 11) is 2.02. The highest BCUT2D eigenvalue weighted by Gasteiger charge is 2.21. The summed E-state index contributed by atoms with van der Waals surface area (Å²) in [4.78, 5) is 40.7. The number of ether oxygens (including phenoxy) is 3. The molecule has 0 saturated heterocycles. The van der Waals surface area contributed by atoms with Crippen molar-refractivity contribution in [1.29, 1.82) is 0 Å². The summed E-state index contributed by atoms with van der Waals surface area (Å²) in [5, 5.41) is 2.87. The Balaban J connectivity index is 4.83. The molecule has 0 saturated carbocycles. The van der Waals surface area contributed by atoms with Crippen LogP contribution in [0.4, 0.5) is 4.79 Å². The van der Waals surface area contributed by atoms with E-state index in [2.05, 4.69) is 62.2 Å². The van der Waals surface area contributed by atoms with Gasteiger partial charge < -0.3 is 24.4 Å². The summed E-state index contributed by atoms with van der Waals surface area (Å²) in [6.45, 7) is 11.1. The van der Waals surface area contributed by atoms with E-state index in [0.29, 0.717) is 25.8 Å². The molecule has 0 radical (unpaired) electrons. The maximum Gasteiger partial charge on any atom is 0.407 e. The Morgan fingerprint density at radius 3 is 1.57 bits per heavy atom. The fraction of sp³-hybridized carbons (Fsp3) is 0.860. The van der Waals surface area contributed by atoms with Gasteiger partial charge >= 0.3 is 18.0 Å². The molecule has 0 aromatic carbocycles. The summed E-state index contributed by atoms with van der Waals surface area (Å²) >= 11 is 0. The molecule has 0 aliphatic heterocycles. The summed E-state index contributed by atoms with van der Waals surface area (Å²) in [6, 6.07) is 0. The third-order valence-electron chi connectivity index (χ3n) is 11.1. The third-order valence-corrected chi connectivity index (χ3v) is 11.1. The molecule has 0 aromatic heterocycles. The van der Waals surface area contributed by atoms with E-state index in [1.165, 1.54) is 116 Å². The minimum atomic E-state index is -0.452. The second-order valence-corrected chi connectivity index (χ2v) is 16.7. The van der Waals surface area contributed by atoms with Gasteiger partial charge in [0.05, 0.1) is 0 Å². The fourth-order valence-corrected chi connectivity index (χ4v) is 7.01. The van der Waals surface area contributed by atoms with Gasteiger partial charge in [0.25, 0.3) is 0 Å². The topological polar surface area (TPSA) is 94.2 Å². The zero-order valence-corrected chi connectivity index (χ0v) is 38.8. The van der Waals surface area contributed by atoms with Crippen LogP contribution in [0.15, 0.2) is 24.3 Å². The number of rotatable bonds is 43. The first-order valence-corrected chi connectivity index (χ1v) is 24.6. The number of nitrogens with zero attached hydrogens (tertiary/aromatic N) is 1. The molecule has 0 aliphatic carbocycles. The number of hydrogen-bond donors (Lipinski definition) is 1. The largest absolute Gasteiger partial charge is 0.462 e. The van der Waals surface area contributed by atoms with Gasteiger partial charge in [-0.05, 0) is 84.2 Å². The van der Waals surface area contributed by atoms with Gasteiger partial charge in [-0.15, -0.1) is 0 Å². The summed E-state index contributed by atoms with van der Waals surface area (Å²) in [5.74, 6) is -0.526. The minimum absolute atomic E-state index is 0.106. The number of allylic oxidation sites excluding steroid dienone is 4. The lowest BCUT2D eigenvalue weighted by Crippen LogP contribution is -2.35. The van der Waals surface area contributed by atoms with E-state index in [4.69, 9.17) is 14.2 Å². The molecule has 0 heterocycles. The Morgan fingerprint density at radius 2 is 1.00 bits per heavy atom. The number of amides is 1. The van der Waals surface area contributed by atoms with Crippen LogP contribution in [0, 0.1) is 0 Å². The zero-order chi connectivity index (χ0) is 42.6. The van der Waals surface area contributed by atoms with Gasteiger partial charge in [0.2, 0.25) is 0 Å². The van der Waals surface area contributed by atoms with Crippen molar-refractivity contribution in [3.05, 3.63) is 24.3 Å². The maximum atomic E-state index is 13.2. The normalized spacial score (nSPS) is 12.7. The molecule has 58 heavy (non-hydrogen) atoms. The van der Waals surface area contributed by atoms with Crippen molar-refractivity contribution in [3.63, 3.8) is 0 Å². The monoisotopic (exact) mass is 819 g/mol. The molecular weight excluding hydrogens is 725 g/mol. The Kier molecular flexibility index (Phi) is 42.4. The van der Waals surface area contributed by atoms with Gasteiger partial charge in [-0.25, -0.2) is 4.79 Å². The Labute approximate surface area is 358 Å². The molecule has 0 fully saturated rings. The standard InChI is InChI=1S/C50H94N2O6/c1-6-10-13-16-19-21-23-24-25-26-27-29-31-34-37-40-48(53)56-45-47(39-36-33-30-28-22-20-17-14-11-7-2)57-49(54)42-41-46(38-35-32-18-15-12-8-3)58-50(55)51-43-44-52(5)9-4/h19,21,24-25,46-47H,6-18,20,22-23,26-45H2,1-5H3,(H,51,55)/b21-19-,25-24-. The Bertz CT molecular complexity index is 985. The van der Waals surface area contributed by atoms with E-state index in [-0.39, 0.29) is 31.1 Å². The highest BCUT2D eigenvalue weighted by molar-refractivity contribution is 5.70. The van der Waals surface area contributed by atoms with Crippen molar-refractivity contribution >= 4 is 18.0 Å². The molecule has 1 N–H and O–H groups in total. The SMILES string of the molecule is CCCCC/C=C\C/C=C\CCCCCCCC(=O)OCC(CCCCCCCCCCCC)OC(=O)CCC(CCCCCCCC)OC(=O)NCCN(C)CC. The van der Waals surface area contributed by atoms with E-state index >= 15 is 0 Å². The number of likely N-dealkylation sites (N-methyl/N-ethyl adjacent to an activating group) is 1. The molecule has 2 atom stereocenters. The van der Waals surface area contributed by atoms with Gasteiger partial charge in [0.1, 0.15) is 18.8 Å². The molecule has 0 rings (SSSR count). The van der Waals surface area contributed by atoms with Crippen molar-refractivity contribution in [1.82, 2.24) is 10.2 Å². The molecule has 8 nitrogen and oxygen atoms in total. The molecule has 340 valence electrons. The van der Waals surface area contributed by atoms with Crippen LogP contribution in [-0.4, -0.2) is 68.4 Å². The van der Waals surface area contributed by atoms with Gasteiger partial charge in [-0.3, -0.25) is 9.59 Å². The van der Waals surface area contributed by atoms with Crippen LogP contribution in [0.3, 0.4) is 0 Å². The first-order chi connectivity index (χ1) is 28.4. The summed E-state index contributed by atoms with van der Waals surface area (Å²) < 4.78 is 17.5. The molecule has 1 amide bonds. The molecule has 0 aliphatic rings. The number of alkyl carbamates (subject to hydrolysis) is 1. The van der Waals surface area contributed by atoms with Gasteiger partial charge in [0.15, 0.2) is 0 Å². The van der Waals surface area contributed by atoms with Crippen LogP contribution in [0.2, 0.25) is 0 Å². The van der Waals surface area contributed by atoms with Crippen LogP contribution in [0.25, 0.3) is 0 Å². The van der Waals surface area contributed by atoms with Crippen molar-refractivity contribution in [2.75, 3.05) is 33.3 Å². The van der Waals surface area contributed by atoms with Crippen molar-refractivity contribution in [3.8, 4) is 0 Å².